The van der Waals surface area contributed by atoms with Crippen molar-refractivity contribution < 1.29 is 38.9 Å². The molecule has 154 valence electrons. The fraction of sp³-hybridized carbons (Fsp3) is 0.444. The van der Waals surface area contributed by atoms with Crippen LogP contribution in [0.1, 0.15) is 39.5 Å². The van der Waals surface area contributed by atoms with Gasteiger partial charge in [-0.15, -0.1) is 0 Å². The summed E-state index contributed by atoms with van der Waals surface area (Å²) in [4.78, 5) is 44.8. The molecule has 0 atom stereocenters. The topological polar surface area (TPSA) is 157 Å². The number of hydrogen-bond donors (Lipinski definition) is 2. The number of carboxylic acid groups (broad SMARTS) is 2. The average molecular weight is 394 g/mol. The van der Waals surface area contributed by atoms with Gasteiger partial charge in [0.2, 0.25) is 11.8 Å². The number of aliphatic carboxylic acids is 2. The molecule has 0 aliphatic carbocycles. The number of rotatable bonds is 12. The lowest BCUT2D eigenvalue weighted by molar-refractivity contribution is -0.307. The normalized spacial score (nSPS) is 10.1. The zero-order valence-electron chi connectivity index (χ0n) is 15.7. The molecule has 0 aliphatic rings. The molecule has 1 rings (SSSR count). The molecule has 0 heterocycles. The van der Waals surface area contributed by atoms with Crippen molar-refractivity contribution in [3.05, 3.63) is 12.1 Å². The number of carbonyl (C=O) groups is 4. The third-order valence-corrected chi connectivity index (χ3v) is 3.34. The summed E-state index contributed by atoms with van der Waals surface area (Å²) in [7, 11) is 0. The first-order chi connectivity index (χ1) is 13.3. The number of nitrogens with one attached hydrogen (secondary N) is 2. The lowest BCUT2D eigenvalue weighted by Gasteiger charge is -2.18. The second-order valence-electron chi connectivity index (χ2n) is 5.55. The highest BCUT2D eigenvalue weighted by Gasteiger charge is 2.16. The largest absolute Gasteiger partial charge is 0.550 e. The van der Waals surface area contributed by atoms with Gasteiger partial charge in [-0.25, -0.2) is 0 Å². The minimum Gasteiger partial charge on any atom is -0.550 e. The van der Waals surface area contributed by atoms with Crippen molar-refractivity contribution in [2.24, 2.45) is 0 Å². The van der Waals surface area contributed by atoms with Crippen LogP contribution >= 0.6 is 0 Å². The first-order valence-corrected chi connectivity index (χ1v) is 8.69. The highest BCUT2D eigenvalue weighted by atomic mass is 16.5. The molecule has 0 bridgehead atoms. The summed E-state index contributed by atoms with van der Waals surface area (Å²) >= 11 is 0. The van der Waals surface area contributed by atoms with E-state index in [0.717, 1.165) is 0 Å². The number of amides is 2. The van der Waals surface area contributed by atoms with E-state index in [4.69, 9.17) is 9.47 Å². The highest BCUT2D eigenvalue weighted by Crippen LogP contribution is 2.37. The average Bonchev–Trinajstić information content (AvgIpc) is 2.62. The lowest BCUT2D eigenvalue weighted by atomic mass is 10.2. The second-order valence-corrected chi connectivity index (χ2v) is 5.55. The van der Waals surface area contributed by atoms with E-state index >= 15 is 0 Å². The number of carboxylic acids is 2. The summed E-state index contributed by atoms with van der Waals surface area (Å²) in [6, 6.07) is 2.86. The first-order valence-electron chi connectivity index (χ1n) is 8.69. The Bertz CT molecular complexity index is 671. The van der Waals surface area contributed by atoms with Gasteiger partial charge in [0.1, 0.15) is 11.5 Å². The summed E-state index contributed by atoms with van der Waals surface area (Å²) in [5, 5.41) is 26.1. The summed E-state index contributed by atoms with van der Waals surface area (Å²) < 4.78 is 10.9. The maximum atomic E-state index is 11.9. The van der Waals surface area contributed by atoms with Gasteiger partial charge < -0.3 is 39.9 Å². The number of ether oxygens (including phenoxy) is 2. The molecule has 10 heteroatoms. The number of hydrogen-bond acceptors (Lipinski definition) is 8. The molecule has 0 fully saturated rings. The molecular formula is C18H22N2O8-2. The van der Waals surface area contributed by atoms with Crippen molar-refractivity contribution >= 4 is 35.1 Å². The van der Waals surface area contributed by atoms with Crippen LogP contribution in [0.25, 0.3) is 0 Å². The summed E-state index contributed by atoms with van der Waals surface area (Å²) in [6.45, 7) is 3.95. The van der Waals surface area contributed by atoms with Crippen molar-refractivity contribution in [2.75, 3.05) is 23.8 Å². The highest BCUT2D eigenvalue weighted by molar-refractivity contribution is 5.97. The Kier molecular flexibility index (Phi) is 9.28. The van der Waals surface area contributed by atoms with Gasteiger partial charge in [0, 0.05) is 36.9 Å². The third kappa shape index (κ3) is 7.94. The van der Waals surface area contributed by atoms with E-state index in [9.17, 15) is 29.4 Å². The van der Waals surface area contributed by atoms with Crippen LogP contribution in [0.5, 0.6) is 11.5 Å². The molecule has 0 aliphatic heterocycles. The molecule has 0 saturated carbocycles. The van der Waals surface area contributed by atoms with Crippen LogP contribution in [0.3, 0.4) is 0 Å². The minimum atomic E-state index is -1.34. The molecule has 0 unspecified atom stereocenters. The first kappa shape index (κ1) is 22.7. The molecule has 1 aromatic carbocycles. The molecule has 28 heavy (non-hydrogen) atoms. The van der Waals surface area contributed by atoms with Gasteiger partial charge in [0.15, 0.2) is 0 Å². The molecule has 0 spiro atoms. The third-order valence-electron chi connectivity index (χ3n) is 3.34. The maximum Gasteiger partial charge on any atom is 0.224 e. The fourth-order valence-electron chi connectivity index (χ4n) is 2.16. The van der Waals surface area contributed by atoms with Crippen LogP contribution in [0.2, 0.25) is 0 Å². The van der Waals surface area contributed by atoms with Crippen LogP contribution < -0.4 is 30.3 Å². The van der Waals surface area contributed by atoms with Gasteiger partial charge in [-0.05, 0) is 26.7 Å². The smallest absolute Gasteiger partial charge is 0.224 e. The Balaban J connectivity index is 3.08. The monoisotopic (exact) mass is 394 g/mol. The fourth-order valence-corrected chi connectivity index (χ4v) is 2.16. The van der Waals surface area contributed by atoms with Crippen molar-refractivity contribution in [3.8, 4) is 11.5 Å². The van der Waals surface area contributed by atoms with Crippen LogP contribution in [-0.2, 0) is 19.2 Å². The predicted molar refractivity (Wildman–Crippen MR) is 94.5 cm³/mol. The van der Waals surface area contributed by atoms with Gasteiger partial charge in [-0.3, -0.25) is 9.59 Å². The summed E-state index contributed by atoms with van der Waals surface area (Å²) in [6.07, 6.45) is -1.42. The van der Waals surface area contributed by atoms with Crippen LogP contribution in [0, 0.1) is 0 Å². The Morgan fingerprint density at radius 2 is 1.11 bits per heavy atom. The van der Waals surface area contributed by atoms with Gasteiger partial charge in [-0.1, -0.05) is 0 Å². The van der Waals surface area contributed by atoms with Gasteiger partial charge in [-0.2, -0.15) is 0 Å². The van der Waals surface area contributed by atoms with Crippen molar-refractivity contribution in [1.82, 2.24) is 0 Å². The van der Waals surface area contributed by atoms with Crippen LogP contribution in [-0.4, -0.2) is 37.0 Å². The number of carbonyl (C=O) groups excluding carboxylic acids is 4. The van der Waals surface area contributed by atoms with Gasteiger partial charge >= 0.3 is 0 Å². The molecular weight excluding hydrogens is 372 g/mol. The van der Waals surface area contributed by atoms with Crippen molar-refractivity contribution in [1.29, 1.82) is 0 Å². The maximum absolute atomic E-state index is 11.9. The molecule has 2 N–H and O–H groups in total. The summed E-state index contributed by atoms with van der Waals surface area (Å²) in [5.41, 5.74) is 0.475. The van der Waals surface area contributed by atoms with E-state index in [1.54, 1.807) is 13.8 Å². The molecule has 2 amide bonds. The quantitative estimate of drug-likeness (QED) is 0.477. The van der Waals surface area contributed by atoms with E-state index in [-0.39, 0.29) is 48.9 Å². The molecule has 1 aromatic rings. The second kappa shape index (κ2) is 11.4. The molecule has 0 saturated heterocycles. The van der Waals surface area contributed by atoms with Gasteiger partial charge in [0.05, 0.1) is 24.6 Å². The zero-order chi connectivity index (χ0) is 21.1. The van der Waals surface area contributed by atoms with Crippen molar-refractivity contribution in [3.63, 3.8) is 0 Å². The standard InChI is InChI=1S/C18H24N2O8/c1-3-27-13-9-12(20-16(22)6-8-18(25)26)14(28-4-2)10-11(13)19-15(21)5-7-17(23)24/h9-10H,3-8H2,1-2H3,(H,19,21)(H,20,22)(H,23,24)(H,25,26)/p-2. The lowest BCUT2D eigenvalue weighted by Crippen LogP contribution is -2.24. The Labute approximate surface area is 161 Å². The molecule has 0 aromatic heterocycles. The van der Waals surface area contributed by atoms with E-state index in [1.165, 1.54) is 12.1 Å². The van der Waals surface area contributed by atoms with E-state index in [0.29, 0.717) is 0 Å². The number of benzene rings is 1. The molecule has 10 nitrogen and oxygen atoms in total. The van der Waals surface area contributed by atoms with E-state index in [1.807, 2.05) is 0 Å². The van der Waals surface area contributed by atoms with Crippen molar-refractivity contribution in [2.45, 2.75) is 39.5 Å². The predicted octanol–water partition coefficient (Wildman–Crippen LogP) is -0.579. The zero-order valence-corrected chi connectivity index (χ0v) is 15.7. The van der Waals surface area contributed by atoms with Crippen LogP contribution in [0.4, 0.5) is 11.4 Å². The van der Waals surface area contributed by atoms with Gasteiger partial charge in [0.25, 0.3) is 0 Å². The van der Waals surface area contributed by atoms with E-state index < -0.39 is 36.6 Å². The summed E-state index contributed by atoms with van der Waals surface area (Å²) in [5.74, 6) is -3.35. The van der Waals surface area contributed by atoms with Crippen LogP contribution in [0.15, 0.2) is 12.1 Å². The molecule has 0 radical (unpaired) electrons. The number of anilines is 2. The Morgan fingerprint density at radius 1 is 0.750 bits per heavy atom. The SMILES string of the molecule is CCOc1cc(NC(=O)CCC(=O)[O-])c(OCC)cc1NC(=O)CCC(=O)[O-]. The minimum absolute atomic E-state index is 0.225. The Hall–Kier alpha value is -3.30. The van der Waals surface area contributed by atoms with E-state index in [2.05, 4.69) is 10.6 Å². The Morgan fingerprint density at radius 3 is 1.39 bits per heavy atom.